The Labute approximate surface area is 108 Å². The fourth-order valence-electron chi connectivity index (χ4n) is 1.16. The number of carbonyl (C=O) groups is 1. The molecule has 1 aromatic carbocycles. The van der Waals surface area contributed by atoms with Crippen molar-refractivity contribution < 1.29 is 37.1 Å². The van der Waals surface area contributed by atoms with Crippen LogP contribution >= 0.6 is 0 Å². The number of benzene rings is 1. The highest BCUT2D eigenvalue weighted by Gasteiger charge is 2.21. The SMILES string of the molecule is O=C(Oc1ccc(S(=O)(=O)O)c(F)c1)C(CO)CO. The third kappa shape index (κ3) is 3.96. The van der Waals surface area contributed by atoms with Crippen molar-refractivity contribution in [2.45, 2.75) is 4.90 Å². The molecule has 0 saturated carbocycles. The van der Waals surface area contributed by atoms with Gasteiger partial charge in [0.15, 0.2) is 0 Å². The summed E-state index contributed by atoms with van der Waals surface area (Å²) >= 11 is 0. The first-order valence-corrected chi connectivity index (χ1v) is 6.44. The van der Waals surface area contributed by atoms with Gasteiger partial charge in [0.2, 0.25) is 0 Å². The van der Waals surface area contributed by atoms with Crippen LogP contribution in [0.15, 0.2) is 23.1 Å². The molecule has 0 aliphatic heterocycles. The van der Waals surface area contributed by atoms with Crippen molar-refractivity contribution in [2.24, 2.45) is 5.92 Å². The number of hydrogen-bond acceptors (Lipinski definition) is 6. The standard InChI is InChI=1S/C10H11FO7S/c11-8-3-7(1-2-9(8)19(15,16)17)18-10(14)6(4-12)5-13/h1-3,6,12-13H,4-5H2,(H,15,16,17). The van der Waals surface area contributed by atoms with Crippen LogP contribution in [0.1, 0.15) is 0 Å². The van der Waals surface area contributed by atoms with Crippen molar-refractivity contribution >= 4 is 16.1 Å². The van der Waals surface area contributed by atoms with Gasteiger partial charge in [-0.2, -0.15) is 8.42 Å². The molecule has 0 bridgehead atoms. The third-order valence-corrected chi connectivity index (χ3v) is 3.06. The Morgan fingerprint density at radius 3 is 2.32 bits per heavy atom. The molecule has 1 rings (SSSR count). The van der Waals surface area contributed by atoms with Gasteiger partial charge in [0.25, 0.3) is 10.1 Å². The highest BCUT2D eigenvalue weighted by molar-refractivity contribution is 7.85. The van der Waals surface area contributed by atoms with E-state index in [0.29, 0.717) is 6.07 Å². The van der Waals surface area contributed by atoms with Crippen molar-refractivity contribution in [3.8, 4) is 5.75 Å². The second-order valence-electron chi connectivity index (χ2n) is 3.55. The van der Waals surface area contributed by atoms with Crippen LogP contribution in [0.2, 0.25) is 0 Å². The fourth-order valence-corrected chi connectivity index (χ4v) is 1.71. The third-order valence-electron chi connectivity index (χ3n) is 2.17. The lowest BCUT2D eigenvalue weighted by atomic mass is 10.2. The maximum Gasteiger partial charge on any atom is 0.319 e. The van der Waals surface area contributed by atoms with Crippen molar-refractivity contribution in [1.29, 1.82) is 0 Å². The number of hydrogen-bond donors (Lipinski definition) is 3. The lowest BCUT2D eigenvalue weighted by molar-refractivity contribution is -0.141. The van der Waals surface area contributed by atoms with E-state index in [1.54, 1.807) is 0 Å². The highest BCUT2D eigenvalue weighted by Crippen LogP contribution is 2.21. The number of esters is 1. The summed E-state index contributed by atoms with van der Waals surface area (Å²) in [6, 6.07) is 2.27. The maximum atomic E-state index is 13.3. The molecule has 19 heavy (non-hydrogen) atoms. The normalized spacial score (nSPS) is 11.6. The summed E-state index contributed by atoms with van der Waals surface area (Å²) in [5.74, 6) is -3.78. The van der Waals surface area contributed by atoms with E-state index in [4.69, 9.17) is 14.8 Å². The summed E-state index contributed by atoms with van der Waals surface area (Å²) in [5, 5.41) is 17.5. The summed E-state index contributed by atoms with van der Waals surface area (Å²) in [6.45, 7) is -1.30. The number of ether oxygens (including phenoxy) is 1. The summed E-state index contributed by atoms with van der Waals surface area (Å²) in [4.78, 5) is 10.4. The topological polar surface area (TPSA) is 121 Å². The highest BCUT2D eigenvalue weighted by atomic mass is 32.2. The first kappa shape index (κ1) is 15.5. The second kappa shape index (κ2) is 6.06. The molecular weight excluding hydrogens is 283 g/mol. The molecule has 0 aliphatic carbocycles. The van der Waals surface area contributed by atoms with Gasteiger partial charge >= 0.3 is 5.97 Å². The second-order valence-corrected chi connectivity index (χ2v) is 4.94. The molecule has 0 saturated heterocycles. The van der Waals surface area contributed by atoms with Crippen LogP contribution < -0.4 is 4.74 Å². The zero-order valence-corrected chi connectivity index (χ0v) is 10.3. The largest absolute Gasteiger partial charge is 0.426 e. The van der Waals surface area contributed by atoms with Gasteiger partial charge in [-0.05, 0) is 12.1 Å². The Balaban J connectivity index is 2.94. The van der Waals surface area contributed by atoms with Crippen LogP contribution in [0, 0.1) is 11.7 Å². The van der Waals surface area contributed by atoms with Gasteiger partial charge in [0.1, 0.15) is 22.4 Å². The first-order chi connectivity index (χ1) is 8.79. The zero-order valence-electron chi connectivity index (χ0n) is 9.48. The first-order valence-electron chi connectivity index (χ1n) is 5.00. The molecule has 1 aromatic rings. The van der Waals surface area contributed by atoms with Crippen LogP contribution in [0.3, 0.4) is 0 Å². The van der Waals surface area contributed by atoms with E-state index in [9.17, 15) is 17.6 Å². The van der Waals surface area contributed by atoms with Gasteiger partial charge in [-0.15, -0.1) is 0 Å². The van der Waals surface area contributed by atoms with Gasteiger partial charge < -0.3 is 14.9 Å². The Hall–Kier alpha value is -1.55. The van der Waals surface area contributed by atoms with E-state index in [0.717, 1.165) is 12.1 Å². The van der Waals surface area contributed by atoms with Crippen LogP contribution in [0.25, 0.3) is 0 Å². The van der Waals surface area contributed by atoms with Crippen molar-refractivity contribution in [3.05, 3.63) is 24.0 Å². The summed E-state index contributed by atoms with van der Waals surface area (Å²) < 4.78 is 48.1. The minimum Gasteiger partial charge on any atom is -0.426 e. The Morgan fingerprint density at radius 1 is 1.32 bits per heavy atom. The van der Waals surface area contributed by atoms with Gasteiger partial charge in [0, 0.05) is 6.07 Å². The molecule has 7 nitrogen and oxygen atoms in total. The van der Waals surface area contributed by atoms with Crippen molar-refractivity contribution in [2.75, 3.05) is 13.2 Å². The molecule has 0 aliphatic rings. The van der Waals surface area contributed by atoms with E-state index in [1.807, 2.05) is 0 Å². The number of halogens is 1. The van der Waals surface area contributed by atoms with E-state index >= 15 is 0 Å². The van der Waals surface area contributed by atoms with Crippen molar-refractivity contribution in [3.63, 3.8) is 0 Å². The lowest BCUT2D eigenvalue weighted by Gasteiger charge is -2.10. The Kier molecular flexibility index (Phi) is 4.95. The molecule has 0 heterocycles. The number of rotatable bonds is 5. The van der Waals surface area contributed by atoms with Gasteiger partial charge in [-0.1, -0.05) is 0 Å². The Bertz CT molecular complexity index is 565. The molecule has 0 fully saturated rings. The van der Waals surface area contributed by atoms with E-state index < -0.39 is 45.9 Å². The molecule has 0 radical (unpaired) electrons. The van der Waals surface area contributed by atoms with E-state index in [-0.39, 0.29) is 5.75 Å². The maximum absolute atomic E-state index is 13.3. The summed E-state index contributed by atoms with van der Waals surface area (Å²) in [5.41, 5.74) is 0. The monoisotopic (exact) mass is 294 g/mol. The molecule has 0 spiro atoms. The smallest absolute Gasteiger partial charge is 0.319 e. The predicted octanol–water partition coefficient (Wildman–Crippen LogP) is -0.421. The average Bonchev–Trinajstić information content (AvgIpc) is 2.28. The number of aliphatic hydroxyl groups is 2. The van der Waals surface area contributed by atoms with E-state index in [1.165, 1.54) is 0 Å². The fraction of sp³-hybridized carbons (Fsp3) is 0.300. The summed E-state index contributed by atoms with van der Waals surface area (Å²) in [7, 11) is -4.70. The molecule has 106 valence electrons. The van der Waals surface area contributed by atoms with Gasteiger partial charge in [-0.25, -0.2) is 4.39 Å². The minimum absolute atomic E-state index is 0.318. The zero-order chi connectivity index (χ0) is 14.6. The van der Waals surface area contributed by atoms with E-state index in [2.05, 4.69) is 4.74 Å². The minimum atomic E-state index is -4.70. The molecule has 0 atom stereocenters. The average molecular weight is 294 g/mol. The Morgan fingerprint density at radius 2 is 1.89 bits per heavy atom. The van der Waals surface area contributed by atoms with Gasteiger partial charge in [0.05, 0.1) is 13.2 Å². The molecule has 0 aromatic heterocycles. The van der Waals surface area contributed by atoms with Gasteiger partial charge in [-0.3, -0.25) is 9.35 Å². The quantitative estimate of drug-likeness (QED) is 0.383. The van der Waals surface area contributed by atoms with Crippen LogP contribution in [0.4, 0.5) is 4.39 Å². The molecule has 9 heteroatoms. The molecular formula is C10H11FO7S. The predicted molar refractivity (Wildman–Crippen MR) is 59.5 cm³/mol. The van der Waals surface area contributed by atoms with Crippen LogP contribution in [0.5, 0.6) is 5.75 Å². The lowest BCUT2D eigenvalue weighted by Crippen LogP contribution is -2.26. The molecule has 0 amide bonds. The summed E-state index contributed by atoms with van der Waals surface area (Å²) in [6.07, 6.45) is 0. The number of aliphatic hydroxyl groups excluding tert-OH is 2. The van der Waals surface area contributed by atoms with Crippen LogP contribution in [-0.2, 0) is 14.9 Å². The van der Waals surface area contributed by atoms with Crippen LogP contribution in [-0.4, -0.2) is 42.4 Å². The number of carbonyl (C=O) groups excluding carboxylic acids is 1. The molecule has 3 N–H and O–H groups in total. The van der Waals surface area contributed by atoms with Crippen molar-refractivity contribution in [1.82, 2.24) is 0 Å². The molecule has 0 unspecified atom stereocenters.